The number of hydrogen-bond donors (Lipinski definition) is 0. The van der Waals surface area contributed by atoms with Gasteiger partial charge in [0.15, 0.2) is 0 Å². The van der Waals surface area contributed by atoms with Gasteiger partial charge in [-0.25, -0.2) is 0 Å². The van der Waals surface area contributed by atoms with Crippen molar-refractivity contribution in [2.75, 3.05) is 9.80 Å². The van der Waals surface area contributed by atoms with E-state index in [-0.39, 0.29) is 0 Å². The molecule has 10 rings (SSSR count). The van der Waals surface area contributed by atoms with Gasteiger partial charge >= 0.3 is 0 Å². The molecule has 0 atom stereocenters. The number of hydrogen-bond acceptors (Lipinski definition) is 2. The molecule has 0 saturated heterocycles. The SMILES string of the molecule is c1ccc(-c2cc(-c3ccccc3)cc(-c3ccc(-c4ccc(N(c5ccccc5)c5ccccc5)cc4)cc3-c3ccc(N(c4ccccc4)c4ccccc4)cc3)c2)cc1. The fraction of sp³-hybridized carbons (Fsp3) is 0. The van der Waals surface area contributed by atoms with Crippen LogP contribution in [0.25, 0.3) is 55.6 Å². The van der Waals surface area contributed by atoms with Crippen molar-refractivity contribution >= 4 is 34.1 Å². The number of para-hydroxylation sites is 4. The topological polar surface area (TPSA) is 6.48 Å². The molecule has 0 amide bonds. The molecule has 0 unspecified atom stereocenters. The third-order valence-electron chi connectivity index (χ3n) is 11.4. The Kier molecular flexibility index (Phi) is 10.8. The van der Waals surface area contributed by atoms with Crippen LogP contribution in [0.15, 0.2) is 267 Å². The van der Waals surface area contributed by atoms with Gasteiger partial charge in [-0.2, -0.15) is 0 Å². The molecule has 62 heavy (non-hydrogen) atoms. The van der Waals surface area contributed by atoms with Gasteiger partial charge in [-0.1, -0.05) is 170 Å². The molecule has 2 nitrogen and oxygen atoms in total. The van der Waals surface area contributed by atoms with Gasteiger partial charge in [0, 0.05) is 34.1 Å². The molecule has 0 aliphatic rings. The molecule has 0 aliphatic heterocycles. The first kappa shape index (κ1) is 38.0. The highest BCUT2D eigenvalue weighted by Gasteiger charge is 2.17. The molecular weight excluding hydrogens is 749 g/mol. The molecule has 294 valence electrons. The maximum atomic E-state index is 2.37. The normalized spacial score (nSPS) is 10.9. The van der Waals surface area contributed by atoms with E-state index in [2.05, 4.69) is 277 Å². The Hall–Kier alpha value is -8.20. The maximum absolute atomic E-state index is 2.37. The second kappa shape index (κ2) is 17.6. The second-order valence-electron chi connectivity index (χ2n) is 15.4. The fourth-order valence-corrected chi connectivity index (χ4v) is 8.39. The van der Waals surface area contributed by atoms with Crippen LogP contribution in [0, 0.1) is 0 Å². The highest BCUT2D eigenvalue weighted by atomic mass is 15.1. The van der Waals surface area contributed by atoms with E-state index in [1.165, 1.54) is 38.9 Å². The van der Waals surface area contributed by atoms with Crippen LogP contribution >= 0.6 is 0 Å². The third kappa shape index (κ3) is 8.06. The van der Waals surface area contributed by atoms with Crippen molar-refractivity contribution in [1.29, 1.82) is 0 Å². The predicted octanol–water partition coefficient (Wildman–Crippen LogP) is 17.0. The summed E-state index contributed by atoms with van der Waals surface area (Å²) in [5, 5.41) is 0. The average molecular weight is 793 g/mol. The Morgan fingerprint density at radius 3 is 0.839 bits per heavy atom. The minimum atomic E-state index is 1.10. The van der Waals surface area contributed by atoms with Gasteiger partial charge in [0.25, 0.3) is 0 Å². The Balaban J connectivity index is 1.11. The predicted molar refractivity (Wildman–Crippen MR) is 263 cm³/mol. The molecule has 0 aliphatic carbocycles. The largest absolute Gasteiger partial charge is 0.311 e. The van der Waals surface area contributed by atoms with E-state index in [9.17, 15) is 0 Å². The monoisotopic (exact) mass is 792 g/mol. The first-order valence-electron chi connectivity index (χ1n) is 21.2. The quantitative estimate of drug-likeness (QED) is 0.129. The van der Waals surface area contributed by atoms with Gasteiger partial charge in [0.2, 0.25) is 0 Å². The van der Waals surface area contributed by atoms with Crippen LogP contribution in [0.3, 0.4) is 0 Å². The summed E-state index contributed by atoms with van der Waals surface area (Å²) in [7, 11) is 0. The lowest BCUT2D eigenvalue weighted by Gasteiger charge is -2.26. The second-order valence-corrected chi connectivity index (χ2v) is 15.4. The van der Waals surface area contributed by atoms with E-state index in [1.807, 2.05) is 0 Å². The van der Waals surface area contributed by atoms with Crippen LogP contribution in [-0.4, -0.2) is 0 Å². The lowest BCUT2D eigenvalue weighted by Crippen LogP contribution is -2.09. The maximum Gasteiger partial charge on any atom is 0.0462 e. The first-order chi connectivity index (χ1) is 30.7. The molecule has 0 bridgehead atoms. The molecule has 0 radical (unpaired) electrons. The van der Waals surface area contributed by atoms with Crippen molar-refractivity contribution in [3.8, 4) is 55.6 Å². The smallest absolute Gasteiger partial charge is 0.0462 e. The molecule has 0 aromatic heterocycles. The van der Waals surface area contributed by atoms with Gasteiger partial charge in [0.05, 0.1) is 0 Å². The van der Waals surface area contributed by atoms with E-state index in [0.717, 1.165) is 50.8 Å². The Bertz CT molecular complexity index is 2870. The summed E-state index contributed by atoms with van der Waals surface area (Å²) in [5.74, 6) is 0. The van der Waals surface area contributed by atoms with E-state index < -0.39 is 0 Å². The molecule has 0 fully saturated rings. The molecule has 10 aromatic rings. The average Bonchev–Trinajstić information content (AvgIpc) is 3.36. The highest BCUT2D eigenvalue weighted by Crippen LogP contribution is 2.42. The van der Waals surface area contributed by atoms with E-state index >= 15 is 0 Å². The standard InChI is InChI=1S/C60H44N2/c1-7-19-45(20-8-1)50-41-51(46-21-9-2-10-22-46)43-52(42-50)59-40-35-49(47-31-36-57(37-32-47)61(53-23-11-3-12-24-53)54-25-13-4-14-26-54)44-60(59)48-33-38-58(39-34-48)62(55-27-15-5-16-28-55)56-29-17-6-18-30-56/h1-44H. The van der Waals surface area contributed by atoms with Gasteiger partial charge in [-0.3, -0.25) is 0 Å². The van der Waals surface area contributed by atoms with Gasteiger partial charge in [0.1, 0.15) is 0 Å². The van der Waals surface area contributed by atoms with Gasteiger partial charge in [-0.05, 0) is 153 Å². The van der Waals surface area contributed by atoms with Crippen LogP contribution in [0.4, 0.5) is 34.1 Å². The zero-order valence-corrected chi connectivity index (χ0v) is 34.3. The van der Waals surface area contributed by atoms with Crippen molar-refractivity contribution in [1.82, 2.24) is 0 Å². The first-order valence-corrected chi connectivity index (χ1v) is 21.2. The summed E-state index contributed by atoms with van der Waals surface area (Å²) in [6.07, 6.45) is 0. The molecule has 0 heterocycles. The van der Waals surface area contributed by atoms with Crippen molar-refractivity contribution in [2.24, 2.45) is 0 Å². The number of nitrogens with zero attached hydrogens (tertiary/aromatic N) is 2. The van der Waals surface area contributed by atoms with Crippen molar-refractivity contribution in [3.05, 3.63) is 267 Å². The molecule has 2 heteroatoms. The summed E-state index contributed by atoms with van der Waals surface area (Å²) in [4.78, 5) is 4.62. The highest BCUT2D eigenvalue weighted by molar-refractivity contribution is 5.92. The van der Waals surface area contributed by atoms with Crippen LogP contribution < -0.4 is 9.80 Å². The van der Waals surface area contributed by atoms with Crippen LogP contribution in [0.5, 0.6) is 0 Å². The summed E-state index contributed by atoms with van der Waals surface area (Å²) >= 11 is 0. The van der Waals surface area contributed by atoms with Crippen molar-refractivity contribution < 1.29 is 0 Å². The number of rotatable bonds is 11. The Labute approximate surface area is 364 Å². The van der Waals surface area contributed by atoms with E-state index in [4.69, 9.17) is 0 Å². The fourth-order valence-electron chi connectivity index (χ4n) is 8.39. The number of anilines is 6. The molecule has 0 spiro atoms. The van der Waals surface area contributed by atoms with Gasteiger partial charge < -0.3 is 9.80 Å². The van der Waals surface area contributed by atoms with Crippen LogP contribution in [0.1, 0.15) is 0 Å². The number of benzene rings is 10. The minimum Gasteiger partial charge on any atom is -0.311 e. The third-order valence-corrected chi connectivity index (χ3v) is 11.4. The Morgan fingerprint density at radius 1 is 0.161 bits per heavy atom. The van der Waals surface area contributed by atoms with E-state index in [0.29, 0.717) is 0 Å². The van der Waals surface area contributed by atoms with Crippen LogP contribution in [0.2, 0.25) is 0 Å². The van der Waals surface area contributed by atoms with E-state index in [1.54, 1.807) is 0 Å². The van der Waals surface area contributed by atoms with Crippen molar-refractivity contribution in [2.45, 2.75) is 0 Å². The molecular formula is C60H44N2. The minimum absolute atomic E-state index is 1.10. The zero-order valence-electron chi connectivity index (χ0n) is 34.3. The summed E-state index contributed by atoms with van der Waals surface area (Å²) < 4.78 is 0. The molecule has 0 saturated carbocycles. The zero-order chi connectivity index (χ0) is 41.5. The lowest BCUT2D eigenvalue weighted by atomic mass is 9.88. The Morgan fingerprint density at radius 2 is 0.452 bits per heavy atom. The van der Waals surface area contributed by atoms with Crippen LogP contribution in [-0.2, 0) is 0 Å². The van der Waals surface area contributed by atoms with Crippen molar-refractivity contribution in [3.63, 3.8) is 0 Å². The lowest BCUT2D eigenvalue weighted by molar-refractivity contribution is 1.28. The summed E-state index contributed by atoms with van der Waals surface area (Å²) in [5.41, 5.74) is 18.4. The molecule has 10 aromatic carbocycles. The summed E-state index contributed by atoms with van der Waals surface area (Å²) in [6.45, 7) is 0. The van der Waals surface area contributed by atoms with Gasteiger partial charge in [-0.15, -0.1) is 0 Å². The molecule has 0 N–H and O–H groups in total. The summed E-state index contributed by atoms with van der Waals surface area (Å²) in [6, 6.07) is 95.7.